The first-order valence-corrected chi connectivity index (χ1v) is 7.22. The zero-order chi connectivity index (χ0) is 14.3. The molecule has 0 aliphatic rings. The number of carboxylic acids is 1. The van der Waals surface area contributed by atoms with Crippen LogP contribution in [0.5, 0.6) is 0 Å². The van der Waals surface area contributed by atoms with Gasteiger partial charge in [0.1, 0.15) is 11.4 Å². The lowest BCUT2D eigenvalue weighted by molar-refractivity contribution is 0.0697. The molecule has 0 bridgehead atoms. The van der Waals surface area contributed by atoms with Gasteiger partial charge in [0.05, 0.1) is 0 Å². The second-order valence-electron chi connectivity index (χ2n) is 4.22. The number of nitrogens with zero attached hydrogens (tertiary/aromatic N) is 2. The first kappa shape index (κ1) is 15.9. The SMILES string of the molecule is CCCN(CC)CCNc1ncc(Br)cc1C(=O)O. The molecule has 1 heterocycles. The van der Waals surface area contributed by atoms with Crippen molar-refractivity contribution in [3.05, 3.63) is 22.3 Å². The molecule has 0 fully saturated rings. The number of anilines is 1. The fraction of sp³-hybridized carbons (Fsp3) is 0.538. The van der Waals surface area contributed by atoms with Crippen LogP contribution in [-0.2, 0) is 0 Å². The van der Waals surface area contributed by atoms with E-state index in [1.165, 1.54) is 0 Å². The van der Waals surface area contributed by atoms with Crippen molar-refractivity contribution in [2.24, 2.45) is 0 Å². The third kappa shape index (κ3) is 5.16. The van der Waals surface area contributed by atoms with Gasteiger partial charge in [-0.25, -0.2) is 9.78 Å². The Morgan fingerprint density at radius 1 is 1.47 bits per heavy atom. The molecule has 6 heteroatoms. The Kier molecular flexibility index (Phi) is 6.80. The Labute approximate surface area is 122 Å². The average Bonchev–Trinajstić information content (AvgIpc) is 2.39. The minimum Gasteiger partial charge on any atom is -0.478 e. The van der Waals surface area contributed by atoms with Crippen LogP contribution in [-0.4, -0.2) is 47.1 Å². The van der Waals surface area contributed by atoms with E-state index < -0.39 is 5.97 Å². The lowest BCUT2D eigenvalue weighted by atomic mass is 10.2. The van der Waals surface area contributed by atoms with Crippen LogP contribution >= 0.6 is 15.9 Å². The highest BCUT2D eigenvalue weighted by Gasteiger charge is 2.12. The molecule has 19 heavy (non-hydrogen) atoms. The second-order valence-corrected chi connectivity index (χ2v) is 5.13. The number of carboxylic acid groups (broad SMARTS) is 1. The summed E-state index contributed by atoms with van der Waals surface area (Å²) in [5.74, 6) is -0.555. The normalized spacial score (nSPS) is 10.7. The molecular formula is C13H20BrN3O2. The molecule has 0 aromatic carbocycles. The minimum atomic E-state index is -0.975. The predicted octanol–water partition coefficient (Wildman–Crippen LogP) is 2.69. The van der Waals surface area contributed by atoms with E-state index in [0.29, 0.717) is 16.8 Å². The van der Waals surface area contributed by atoms with Crippen molar-refractivity contribution >= 4 is 27.7 Å². The molecule has 106 valence electrons. The van der Waals surface area contributed by atoms with Gasteiger partial charge < -0.3 is 15.3 Å². The summed E-state index contributed by atoms with van der Waals surface area (Å²) in [5, 5.41) is 12.2. The molecule has 0 amide bonds. The van der Waals surface area contributed by atoms with E-state index in [4.69, 9.17) is 5.11 Å². The molecule has 1 rings (SSSR count). The molecule has 0 atom stereocenters. The first-order valence-electron chi connectivity index (χ1n) is 6.43. The van der Waals surface area contributed by atoms with Gasteiger partial charge in [0.25, 0.3) is 0 Å². The summed E-state index contributed by atoms with van der Waals surface area (Å²) in [6.07, 6.45) is 2.71. The van der Waals surface area contributed by atoms with Crippen molar-refractivity contribution in [1.29, 1.82) is 0 Å². The van der Waals surface area contributed by atoms with Gasteiger partial charge in [-0.3, -0.25) is 0 Å². The van der Waals surface area contributed by atoms with Crippen molar-refractivity contribution < 1.29 is 9.90 Å². The second kappa shape index (κ2) is 8.12. The summed E-state index contributed by atoms with van der Waals surface area (Å²) < 4.78 is 0.664. The maximum Gasteiger partial charge on any atom is 0.339 e. The highest BCUT2D eigenvalue weighted by molar-refractivity contribution is 9.10. The average molecular weight is 330 g/mol. The van der Waals surface area contributed by atoms with E-state index in [0.717, 1.165) is 26.1 Å². The molecule has 0 radical (unpaired) electrons. The van der Waals surface area contributed by atoms with Crippen molar-refractivity contribution in [3.8, 4) is 0 Å². The van der Waals surface area contributed by atoms with E-state index in [1.54, 1.807) is 12.3 Å². The van der Waals surface area contributed by atoms with Crippen LogP contribution in [0.3, 0.4) is 0 Å². The fourth-order valence-corrected chi connectivity index (χ4v) is 2.15. The van der Waals surface area contributed by atoms with E-state index in [9.17, 15) is 4.79 Å². The topological polar surface area (TPSA) is 65.5 Å². The van der Waals surface area contributed by atoms with E-state index in [2.05, 4.69) is 45.0 Å². The maximum absolute atomic E-state index is 11.1. The number of pyridine rings is 1. The highest BCUT2D eigenvalue weighted by Crippen LogP contribution is 2.17. The van der Waals surface area contributed by atoms with Gasteiger partial charge in [-0.2, -0.15) is 0 Å². The zero-order valence-electron chi connectivity index (χ0n) is 11.3. The highest BCUT2D eigenvalue weighted by atomic mass is 79.9. The van der Waals surface area contributed by atoms with Crippen LogP contribution in [0, 0.1) is 0 Å². The molecule has 0 aliphatic carbocycles. The number of likely N-dealkylation sites (N-methyl/N-ethyl adjacent to an activating group) is 1. The van der Waals surface area contributed by atoms with Crippen LogP contribution in [0.15, 0.2) is 16.7 Å². The number of carbonyl (C=O) groups is 1. The fourth-order valence-electron chi connectivity index (χ4n) is 1.82. The van der Waals surface area contributed by atoms with E-state index in [1.807, 2.05) is 0 Å². The van der Waals surface area contributed by atoms with Crippen molar-refractivity contribution in [3.63, 3.8) is 0 Å². The van der Waals surface area contributed by atoms with E-state index >= 15 is 0 Å². The Morgan fingerprint density at radius 2 is 2.21 bits per heavy atom. The van der Waals surface area contributed by atoms with Crippen LogP contribution < -0.4 is 5.32 Å². The van der Waals surface area contributed by atoms with Gasteiger partial charge in [0.2, 0.25) is 0 Å². The van der Waals surface area contributed by atoms with Crippen LogP contribution in [0.1, 0.15) is 30.6 Å². The van der Waals surface area contributed by atoms with E-state index in [-0.39, 0.29) is 5.56 Å². The summed E-state index contributed by atoms with van der Waals surface area (Å²) in [6, 6.07) is 1.56. The number of aromatic carboxylic acids is 1. The Hall–Kier alpha value is -1.14. The molecule has 0 aliphatic heterocycles. The molecule has 5 nitrogen and oxygen atoms in total. The monoisotopic (exact) mass is 329 g/mol. The molecule has 0 saturated heterocycles. The molecule has 0 spiro atoms. The van der Waals surface area contributed by atoms with Crippen LogP contribution in [0.4, 0.5) is 5.82 Å². The van der Waals surface area contributed by atoms with Gasteiger partial charge in [-0.1, -0.05) is 13.8 Å². The number of halogens is 1. The van der Waals surface area contributed by atoms with Gasteiger partial charge in [0.15, 0.2) is 0 Å². The number of aromatic nitrogens is 1. The predicted molar refractivity (Wildman–Crippen MR) is 79.8 cm³/mol. The lowest BCUT2D eigenvalue weighted by Gasteiger charge is -2.20. The quantitative estimate of drug-likeness (QED) is 0.767. The molecule has 0 saturated carbocycles. The van der Waals surface area contributed by atoms with Crippen LogP contribution in [0.2, 0.25) is 0 Å². The van der Waals surface area contributed by atoms with Crippen molar-refractivity contribution in [1.82, 2.24) is 9.88 Å². The van der Waals surface area contributed by atoms with Gasteiger partial charge in [-0.15, -0.1) is 0 Å². The standard InChI is InChI=1S/C13H20BrN3O2/c1-3-6-17(4-2)7-5-15-12-11(13(18)19)8-10(14)9-16-12/h8-9H,3-7H2,1-2H3,(H,15,16)(H,18,19). The molecule has 2 N–H and O–H groups in total. The number of rotatable bonds is 8. The van der Waals surface area contributed by atoms with Gasteiger partial charge >= 0.3 is 5.97 Å². The van der Waals surface area contributed by atoms with Crippen LogP contribution in [0.25, 0.3) is 0 Å². The number of hydrogen-bond acceptors (Lipinski definition) is 4. The smallest absolute Gasteiger partial charge is 0.339 e. The summed E-state index contributed by atoms with van der Waals surface area (Å²) in [6.45, 7) is 7.88. The Morgan fingerprint density at radius 3 is 2.79 bits per heavy atom. The largest absolute Gasteiger partial charge is 0.478 e. The first-order chi connectivity index (χ1) is 9.08. The van der Waals surface area contributed by atoms with Gasteiger partial charge in [-0.05, 0) is 41.5 Å². The third-order valence-electron chi connectivity index (χ3n) is 2.79. The summed E-state index contributed by atoms with van der Waals surface area (Å²) >= 11 is 3.23. The molecule has 0 unspecified atom stereocenters. The van der Waals surface area contributed by atoms with Gasteiger partial charge in [0, 0.05) is 23.8 Å². The minimum absolute atomic E-state index is 0.188. The molecule has 1 aromatic rings. The Bertz CT molecular complexity index is 426. The Balaban J connectivity index is 2.60. The number of hydrogen-bond donors (Lipinski definition) is 2. The summed E-state index contributed by atoms with van der Waals surface area (Å²) in [7, 11) is 0. The lowest BCUT2D eigenvalue weighted by Crippen LogP contribution is -2.30. The molecular weight excluding hydrogens is 310 g/mol. The summed E-state index contributed by atoms with van der Waals surface area (Å²) in [5.41, 5.74) is 0.188. The molecule has 1 aromatic heterocycles. The zero-order valence-corrected chi connectivity index (χ0v) is 12.9. The third-order valence-corrected chi connectivity index (χ3v) is 3.23. The number of nitrogens with one attached hydrogen (secondary N) is 1. The summed E-state index contributed by atoms with van der Waals surface area (Å²) in [4.78, 5) is 17.5. The maximum atomic E-state index is 11.1. The van der Waals surface area contributed by atoms with Crippen molar-refractivity contribution in [2.45, 2.75) is 20.3 Å². The van der Waals surface area contributed by atoms with Crippen molar-refractivity contribution in [2.75, 3.05) is 31.5 Å².